The molecule has 2 heterocycles. The van der Waals surface area contributed by atoms with Crippen LogP contribution in [0.15, 0.2) is 4.99 Å². The molecular weight excluding hydrogens is 336 g/mol. The maximum Gasteiger partial charge on any atom is 0.190 e. The molecule has 6 nitrogen and oxygen atoms in total. The molecule has 0 spiro atoms. The molecule has 154 valence electrons. The van der Waals surface area contributed by atoms with E-state index in [1.165, 1.54) is 70.0 Å². The number of rotatable bonds is 12. The minimum atomic E-state index is 0.916. The number of aliphatic imine (C=N–C) groups is 1. The Hall–Kier alpha value is -1.59. The molecule has 1 aromatic rings. The number of nitrogens with one attached hydrogen (secondary N) is 2. The van der Waals surface area contributed by atoms with E-state index < -0.39 is 0 Å². The van der Waals surface area contributed by atoms with Gasteiger partial charge in [-0.2, -0.15) is 0 Å². The van der Waals surface area contributed by atoms with E-state index in [1.54, 1.807) is 0 Å². The molecule has 0 saturated heterocycles. The number of unbranched alkanes of at least 4 members (excludes halogenated alkanes) is 6. The molecule has 0 bridgehead atoms. The van der Waals surface area contributed by atoms with Crippen molar-refractivity contribution in [2.45, 2.75) is 96.9 Å². The largest absolute Gasteiger partial charge is 0.356 e. The Morgan fingerprint density at radius 2 is 1.67 bits per heavy atom. The highest BCUT2D eigenvalue weighted by Crippen LogP contribution is 2.15. The summed E-state index contributed by atoms with van der Waals surface area (Å²) in [5.74, 6) is 3.25. The van der Waals surface area contributed by atoms with Crippen LogP contribution in [0, 0.1) is 0 Å². The van der Waals surface area contributed by atoms with Crippen LogP contribution in [0.2, 0.25) is 0 Å². The summed E-state index contributed by atoms with van der Waals surface area (Å²) >= 11 is 0. The van der Waals surface area contributed by atoms with Crippen molar-refractivity contribution < 1.29 is 0 Å². The van der Waals surface area contributed by atoms with Gasteiger partial charge in [0.15, 0.2) is 5.96 Å². The molecule has 0 unspecified atom stereocenters. The lowest BCUT2D eigenvalue weighted by Crippen LogP contribution is -2.38. The fraction of sp³-hybridized carbons (Fsp3) is 0.857. The molecule has 0 radical (unpaired) electrons. The summed E-state index contributed by atoms with van der Waals surface area (Å²) in [5, 5.41) is 15.7. The zero-order chi connectivity index (χ0) is 19.2. The van der Waals surface area contributed by atoms with Gasteiger partial charge in [0, 0.05) is 39.5 Å². The molecule has 27 heavy (non-hydrogen) atoms. The Balaban J connectivity index is 1.54. The van der Waals surface area contributed by atoms with Gasteiger partial charge in [0.1, 0.15) is 11.6 Å². The van der Waals surface area contributed by atoms with Gasteiger partial charge in [-0.15, -0.1) is 10.2 Å². The second kappa shape index (κ2) is 13.6. The first-order valence-electron chi connectivity index (χ1n) is 11.2. The zero-order valence-corrected chi connectivity index (χ0v) is 17.6. The van der Waals surface area contributed by atoms with Crippen LogP contribution >= 0.6 is 0 Å². The van der Waals surface area contributed by atoms with Crippen LogP contribution in [0.25, 0.3) is 0 Å². The third-order valence-corrected chi connectivity index (χ3v) is 5.35. The predicted molar refractivity (Wildman–Crippen MR) is 113 cm³/mol. The summed E-state index contributed by atoms with van der Waals surface area (Å²) < 4.78 is 2.35. The van der Waals surface area contributed by atoms with Gasteiger partial charge in [0.05, 0.1) is 0 Å². The van der Waals surface area contributed by atoms with Crippen LogP contribution in [-0.2, 0) is 19.4 Å². The van der Waals surface area contributed by atoms with Gasteiger partial charge in [-0.3, -0.25) is 4.99 Å². The summed E-state index contributed by atoms with van der Waals surface area (Å²) in [5.41, 5.74) is 0. The number of guanidine groups is 1. The average Bonchev–Trinajstić information content (AvgIpc) is 2.91. The topological polar surface area (TPSA) is 67.1 Å². The van der Waals surface area contributed by atoms with E-state index in [0.717, 1.165) is 50.7 Å². The first kappa shape index (κ1) is 21.7. The highest BCUT2D eigenvalue weighted by Gasteiger charge is 2.14. The highest BCUT2D eigenvalue weighted by molar-refractivity contribution is 5.79. The molecule has 0 aromatic carbocycles. The van der Waals surface area contributed by atoms with Crippen LogP contribution in [0.5, 0.6) is 0 Å². The monoisotopic (exact) mass is 376 g/mol. The maximum atomic E-state index is 4.41. The first-order valence-corrected chi connectivity index (χ1v) is 11.2. The molecule has 1 aliphatic rings. The smallest absolute Gasteiger partial charge is 0.190 e. The van der Waals surface area contributed by atoms with Crippen molar-refractivity contribution in [3.63, 3.8) is 0 Å². The minimum Gasteiger partial charge on any atom is -0.356 e. The molecule has 1 aromatic heterocycles. The normalized spacial score (nSPS) is 14.7. The van der Waals surface area contributed by atoms with Crippen molar-refractivity contribution >= 4 is 5.96 Å². The van der Waals surface area contributed by atoms with Gasteiger partial charge in [-0.05, 0) is 25.7 Å². The van der Waals surface area contributed by atoms with Crippen molar-refractivity contribution in [2.24, 2.45) is 4.99 Å². The number of nitrogens with zero attached hydrogens (tertiary/aromatic N) is 4. The molecule has 0 saturated carbocycles. The van der Waals surface area contributed by atoms with Gasteiger partial charge in [-0.1, -0.05) is 51.9 Å². The van der Waals surface area contributed by atoms with Crippen molar-refractivity contribution in [1.82, 2.24) is 25.4 Å². The Morgan fingerprint density at radius 3 is 2.44 bits per heavy atom. The molecular formula is C21H40N6. The third-order valence-electron chi connectivity index (χ3n) is 5.35. The molecule has 6 heteroatoms. The minimum absolute atomic E-state index is 0.916. The molecule has 0 aliphatic carbocycles. The second-order valence-electron chi connectivity index (χ2n) is 7.65. The first-order chi connectivity index (χ1) is 13.3. The van der Waals surface area contributed by atoms with Crippen molar-refractivity contribution in [1.29, 1.82) is 0 Å². The average molecular weight is 377 g/mol. The van der Waals surface area contributed by atoms with Gasteiger partial charge in [0.25, 0.3) is 0 Å². The van der Waals surface area contributed by atoms with E-state index in [-0.39, 0.29) is 0 Å². The summed E-state index contributed by atoms with van der Waals surface area (Å²) in [7, 11) is 1.85. The number of aromatic nitrogens is 3. The summed E-state index contributed by atoms with van der Waals surface area (Å²) in [6.07, 6.45) is 16.3. The number of hydrogen-bond acceptors (Lipinski definition) is 3. The van der Waals surface area contributed by atoms with Crippen LogP contribution in [0.1, 0.15) is 89.2 Å². The fourth-order valence-electron chi connectivity index (χ4n) is 3.69. The van der Waals surface area contributed by atoms with Crippen LogP contribution in [0.3, 0.4) is 0 Å². The van der Waals surface area contributed by atoms with Crippen molar-refractivity contribution in [2.75, 3.05) is 20.1 Å². The zero-order valence-electron chi connectivity index (χ0n) is 17.6. The summed E-state index contributed by atoms with van der Waals surface area (Å²) in [6, 6.07) is 0. The van der Waals surface area contributed by atoms with Crippen LogP contribution in [0.4, 0.5) is 0 Å². The number of fused-ring (bicyclic) bond motifs is 1. The Morgan fingerprint density at radius 1 is 0.926 bits per heavy atom. The number of aryl methyl sites for hydroxylation is 2. The molecule has 2 rings (SSSR count). The Kier molecular flexibility index (Phi) is 10.9. The van der Waals surface area contributed by atoms with Gasteiger partial charge in [0.2, 0.25) is 0 Å². The predicted octanol–water partition coefficient (Wildman–Crippen LogP) is 3.85. The molecule has 0 amide bonds. The van der Waals surface area contributed by atoms with E-state index in [9.17, 15) is 0 Å². The van der Waals surface area contributed by atoms with E-state index in [0.29, 0.717) is 0 Å². The van der Waals surface area contributed by atoms with E-state index in [2.05, 4.69) is 37.3 Å². The Labute approximate surface area is 165 Å². The lowest BCUT2D eigenvalue weighted by molar-refractivity contribution is 0.581. The molecule has 0 fully saturated rings. The summed E-state index contributed by atoms with van der Waals surface area (Å²) in [4.78, 5) is 4.32. The van der Waals surface area contributed by atoms with Gasteiger partial charge >= 0.3 is 0 Å². The molecule has 0 atom stereocenters. The Bertz CT molecular complexity index is 537. The highest BCUT2D eigenvalue weighted by atomic mass is 15.3. The SMILES string of the molecule is CCCCCCCCCNC(=NC)NCCCc1nnc2n1CCCCC2. The van der Waals surface area contributed by atoms with Crippen molar-refractivity contribution in [3.05, 3.63) is 11.6 Å². The van der Waals surface area contributed by atoms with Gasteiger partial charge < -0.3 is 15.2 Å². The fourth-order valence-corrected chi connectivity index (χ4v) is 3.69. The van der Waals surface area contributed by atoms with Gasteiger partial charge in [-0.25, -0.2) is 0 Å². The quantitative estimate of drug-likeness (QED) is 0.330. The van der Waals surface area contributed by atoms with E-state index >= 15 is 0 Å². The van der Waals surface area contributed by atoms with E-state index in [4.69, 9.17) is 0 Å². The molecule has 2 N–H and O–H groups in total. The summed E-state index contributed by atoms with van der Waals surface area (Å²) in [6.45, 7) is 5.28. The lowest BCUT2D eigenvalue weighted by Gasteiger charge is -2.12. The van der Waals surface area contributed by atoms with Crippen LogP contribution < -0.4 is 10.6 Å². The van der Waals surface area contributed by atoms with Crippen molar-refractivity contribution in [3.8, 4) is 0 Å². The molecule has 1 aliphatic heterocycles. The van der Waals surface area contributed by atoms with Crippen LogP contribution in [-0.4, -0.2) is 40.9 Å². The third kappa shape index (κ3) is 8.31. The second-order valence-corrected chi connectivity index (χ2v) is 7.65. The van der Waals surface area contributed by atoms with E-state index in [1.807, 2.05) is 7.05 Å². The lowest BCUT2D eigenvalue weighted by atomic mass is 10.1. The maximum absolute atomic E-state index is 4.41. The number of hydrogen-bond donors (Lipinski definition) is 2. The standard InChI is InChI=1S/C21H40N6/c1-3-4-5-6-7-8-11-16-23-21(22-2)24-17-13-15-20-26-25-19-14-10-9-12-18-27(19)20/h3-18H2,1-2H3,(H2,22,23,24).